The molecule has 0 saturated carbocycles. The first-order chi connectivity index (χ1) is 12.2. The van der Waals surface area contributed by atoms with E-state index in [1.165, 1.54) is 48.6 Å². The summed E-state index contributed by atoms with van der Waals surface area (Å²) < 4.78 is 0. The number of hydrogen-bond donors (Lipinski definition) is 4. The molecule has 8 nitrogen and oxygen atoms in total. The van der Waals surface area contributed by atoms with Crippen LogP contribution in [0.2, 0.25) is 0 Å². The van der Waals surface area contributed by atoms with Gasteiger partial charge in [0.1, 0.15) is 0 Å². The average Bonchev–Trinajstić information content (AvgIpc) is 2.57. The predicted octanol–water partition coefficient (Wildman–Crippen LogP) is -0.659. The molecule has 9 heteroatoms. The molecular formula is C18H14MgO8. The third-order valence-electron chi connectivity index (χ3n) is 2.82. The van der Waals surface area contributed by atoms with Crippen molar-refractivity contribution in [2.45, 2.75) is 0 Å². The zero-order chi connectivity index (χ0) is 19.7. The zero-order valence-electron chi connectivity index (χ0n) is 13.9. The fraction of sp³-hybridized carbons (Fsp3) is 0. The number of aliphatic carboxylic acids is 2. The van der Waals surface area contributed by atoms with E-state index in [2.05, 4.69) is 0 Å². The standard InChI is InChI=1S/2C9H8O4.Mg/c2*10-7-3-1-6(5-8(7)11)2-4-9(12)13;/h2*1-5,10-11H,(H,12,13);/q;;+2/p-2/b2*4-2+;. The molecule has 0 aliphatic rings. The molecular weight excluding hydrogens is 368 g/mol. The van der Waals surface area contributed by atoms with Gasteiger partial charge in [-0.2, -0.15) is 0 Å². The van der Waals surface area contributed by atoms with Gasteiger partial charge in [-0.05, 0) is 47.5 Å². The Labute approximate surface area is 170 Å². The number of carboxylic acid groups (broad SMARTS) is 2. The van der Waals surface area contributed by atoms with Crippen molar-refractivity contribution in [2.24, 2.45) is 0 Å². The minimum Gasteiger partial charge on any atom is -0.545 e. The van der Waals surface area contributed by atoms with Gasteiger partial charge < -0.3 is 40.2 Å². The summed E-state index contributed by atoms with van der Waals surface area (Å²) in [4.78, 5) is 20.0. The van der Waals surface area contributed by atoms with Gasteiger partial charge in [-0.25, -0.2) is 0 Å². The fourth-order valence-corrected chi connectivity index (χ4v) is 1.62. The van der Waals surface area contributed by atoms with Crippen LogP contribution in [0.25, 0.3) is 12.2 Å². The predicted molar refractivity (Wildman–Crippen MR) is 93.4 cm³/mol. The second-order valence-corrected chi connectivity index (χ2v) is 4.80. The topological polar surface area (TPSA) is 161 Å². The quantitative estimate of drug-likeness (QED) is 0.308. The summed E-state index contributed by atoms with van der Waals surface area (Å²) in [6.45, 7) is 0. The van der Waals surface area contributed by atoms with Crippen LogP contribution < -0.4 is 10.2 Å². The average molecular weight is 383 g/mol. The molecule has 0 aliphatic carbocycles. The Morgan fingerprint density at radius 2 is 1.00 bits per heavy atom. The first-order valence-corrected chi connectivity index (χ1v) is 7.01. The van der Waals surface area contributed by atoms with E-state index in [1.54, 1.807) is 0 Å². The van der Waals surface area contributed by atoms with E-state index >= 15 is 0 Å². The van der Waals surface area contributed by atoms with Crippen molar-refractivity contribution < 1.29 is 40.2 Å². The van der Waals surface area contributed by atoms with Gasteiger partial charge in [-0.3, -0.25) is 0 Å². The van der Waals surface area contributed by atoms with Gasteiger partial charge in [0.05, 0.1) is 11.9 Å². The van der Waals surface area contributed by atoms with Crippen LogP contribution in [-0.4, -0.2) is 55.4 Å². The molecule has 0 unspecified atom stereocenters. The molecule has 0 heterocycles. The van der Waals surface area contributed by atoms with Gasteiger partial charge in [0, 0.05) is 0 Å². The number of phenolic OH excluding ortho intramolecular Hbond substituents is 4. The molecule has 0 fully saturated rings. The summed E-state index contributed by atoms with van der Waals surface area (Å²) in [7, 11) is 0. The van der Waals surface area contributed by atoms with Crippen molar-refractivity contribution in [2.75, 3.05) is 0 Å². The third-order valence-corrected chi connectivity index (χ3v) is 2.82. The molecule has 2 aromatic rings. The maximum absolute atomic E-state index is 10.0. The molecule has 136 valence electrons. The number of carbonyl (C=O) groups is 2. The number of hydrogen-bond acceptors (Lipinski definition) is 8. The second kappa shape index (κ2) is 11.4. The van der Waals surface area contributed by atoms with Gasteiger partial charge in [-0.15, -0.1) is 0 Å². The van der Waals surface area contributed by atoms with Crippen LogP contribution in [0, 0.1) is 0 Å². The fourth-order valence-electron chi connectivity index (χ4n) is 1.62. The molecule has 0 saturated heterocycles. The Balaban J connectivity index is 0.000000483. The largest absolute Gasteiger partial charge is 2.00 e. The van der Waals surface area contributed by atoms with Gasteiger partial charge in [0.2, 0.25) is 0 Å². The minimum atomic E-state index is -1.31. The van der Waals surface area contributed by atoms with Gasteiger partial charge in [0.15, 0.2) is 23.0 Å². The summed E-state index contributed by atoms with van der Waals surface area (Å²) >= 11 is 0. The normalized spacial score (nSPS) is 10.1. The van der Waals surface area contributed by atoms with Gasteiger partial charge in [-0.1, -0.05) is 24.3 Å². The Morgan fingerprint density at radius 1 is 0.667 bits per heavy atom. The van der Waals surface area contributed by atoms with E-state index in [-0.39, 0.29) is 46.1 Å². The van der Waals surface area contributed by atoms with Gasteiger partial charge >= 0.3 is 23.1 Å². The maximum Gasteiger partial charge on any atom is 2.00 e. The number of carboxylic acids is 2. The van der Waals surface area contributed by atoms with Crippen LogP contribution in [-0.2, 0) is 9.59 Å². The van der Waals surface area contributed by atoms with E-state index in [4.69, 9.17) is 20.4 Å². The van der Waals surface area contributed by atoms with Crippen LogP contribution in [0.3, 0.4) is 0 Å². The number of benzene rings is 2. The van der Waals surface area contributed by atoms with E-state index in [0.29, 0.717) is 11.1 Å². The summed E-state index contributed by atoms with van der Waals surface area (Å²) in [5, 5.41) is 55.9. The van der Waals surface area contributed by atoms with Crippen molar-refractivity contribution in [3.8, 4) is 23.0 Å². The number of rotatable bonds is 4. The smallest absolute Gasteiger partial charge is 0.545 e. The Bertz CT molecular complexity index is 787. The zero-order valence-corrected chi connectivity index (χ0v) is 15.3. The number of carbonyl (C=O) groups excluding carboxylic acids is 2. The number of aromatic hydroxyl groups is 4. The monoisotopic (exact) mass is 382 g/mol. The van der Waals surface area contributed by atoms with E-state index in [1.807, 2.05) is 0 Å². The molecule has 0 spiro atoms. The van der Waals surface area contributed by atoms with Crippen molar-refractivity contribution in [1.82, 2.24) is 0 Å². The molecule has 0 amide bonds. The van der Waals surface area contributed by atoms with Gasteiger partial charge in [0.25, 0.3) is 0 Å². The molecule has 2 rings (SSSR count). The van der Waals surface area contributed by atoms with E-state index < -0.39 is 11.9 Å². The second-order valence-electron chi connectivity index (χ2n) is 4.80. The van der Waals surface area contributed by atoms with Crippen LogP contribution >= 0.6 is 0 Å². The first kappa shape index (κ1) is 23.8. The molecule has 4 N–H and O–H groups in total. The Hall–Kier alpha value is -3.17. The first-order valence-electron chi connectivity index (χ1n) is 7.01. The SMILES string of the molecule is O=C([O-])/C=C/c1ccc(O)c(O)c1.O=C([O-])/C=C/c1ccc(O)c(O)c1.[Mg+2]. The molecule has 2 aromatic carbocycles. The molecule has 0 aromatic heterocycles. The van der Waals surface area contributed by atoms with Crippen LogP contribution in [0.5, 0.6) is 23.0 Å². The van der Waals surface area contributed by atoms with Crippen LogP contribution in [0.15, 0.2) is 48.6 Å². The Morgan fingerprint density at radius 3 is 1.26 bits per heavy atom. The molecule has 0 radical (unpaired) electrons. The molecule has 27 heavy (non-hydrogen) atoms. The van der Waals surface area contributed by atoms with Crippen LogP contribution in [0.4, 0.5) is 0 Å². The molecule has 0 atom stereocenters. The summed E-state index contributed by atoms with van der Waals surface area (Å²) in [5.41, 5.74) is 0.944. The van der Waals surface area contributed by atoms with E-state index in [9.17, 15) is 19.8 Å². The summed E-state index contributed by atoms with van der Waals surface area (Å²) in [6, 6.07) is 7.96. The van der Waals surface area contributed by atoms with Crippen molar-refractivity contribution in [1.29, 1.82) is 0 Å². The van der Waals surface area contributed by atoms with Crippen LogP contribution in [0.1, 0.15) is 11.1 Å². The van der Waals surface area contributed by atoms with Crippen molar-refractivity contribution in [3.05, 3.63) is 59.7 Å². The van der Waals surface area contributed by atoms with Crippen molar-refractivity contribution in [3.63, 3.8) is 0 Å². The summed E-state index contributed by atoms with van der Waals surface area (Å²) in [5.74, 6) is -3.70. The third kappa shape index (κ3) is 9.19. The maximum atomic E-state index is 10.0. The van der Waals surface area contributed by atoms with E-state index in [0.717, 1.165) is 12.2 Å². The Kier molecular flexibility index (Phi) is 10.1. The minimum absolute atomic E-state index is 0. The van der Waals surface area contributed by atoms with Crippen molar-refractivity contribution >= 4 is 47.1 Å². The molecule has 0 aliphatic heterocycles. The molecule has 0 bridgehead atoms. The number of phenols is 4. The summed E-state index contributed by atoms with van der Waals surface area (Å²) in [6.07, 6.45) is 4.20.